The van der Waals surface area contributed by atoms with Crippen molar-refractivity contribution in [3.8, 4) is 0 Å². The number of alkyl halides is 3. The summed E-state index contributed by atoms with van der Waals surface area (Å²) < 4.78 is 43.4. The van der Waals surface area contributed by atoms with E-state index in [0.717, 1.165) is 35.8 Å². The summed E-state index contributed by atoms with van der Waals surface area (Å²) in [4.78, 5) is 3.80. The highest BCUT2D eigenvalue weighted by molar-refractivity contribution is 5.57. The van der Waals surface area contributed by atoms with Gasteiger partial charge in [0.2, 0.25) is 0 Å². The van der Waals surface area contributed by atoms with Crippen LogP contribution >= 0.6 is 0 Å². The first-order valence-corrected chi connectivity index (χ1v) is 7.50. The predicted molar refractivity (Wildman–Crippen MR) is 82.7 cm³/mol. The predicted octanol–water partition coefficient (Wildman–Crippen LogP) is 3.77. The van der Waals surface area contributed by atoms with Gasteiger partial charge < -0.3 is 15.4 Å². The van der Waals surface area contributed by atoms with Gasteiger partial charge in [0, 0.05) is 24.1 Å². The summed E-state index contributed by atoms with van der Waals surface area (Å²) in [5, 5.41) is 6.28. The maximum atomic E-state index is 12.5. The molecular weight excluding hydrogens is 319 g/mol. The summed E-state index contributed by atoms with van der Waals surface area (Å²) in [6.45, 7) is 0.824. The number of fused-ring (bicyclic) bond motifs is 1. The number of nitrogens with zero attached hydrogens (tertiary/aromatic N) is 1. The molecule has 3 heterocycles. The Kier molecular flexibility index (Phi) is 3.45. The third-order valence-corrected chi connectivity index (χ3v) is 4.04. The first-order chi connectivity index (χ1) is 11.5. The zero-order chi connectivity index (χ0) is 16.7. The molecule has 0 amide bonds. The molecule has 4 nitrogen and oxygen atoms in total. The molecule has 0 saturated heterocycles. The molecule has 7 heteroatoms. The number of hydrogen-bond donors (Lipinski definition) is 2. The Morgan fingerprint density at radius 1 is 1.12 bits per heavy atom. The van der Waals surface area contributed by atoms with Crippen LogP contribution in [0.2, 0.25) is 0 Å². The molecule has 2 aliphatic heterocycles. The van der Waals surface area contributed by atoms with Crippen LogP contribution in [0, 0.1) is 0 Å². The van der Waals surface area contributed by atoms with Crippen molar-refractivity contribution in [3.63, 3.8) is 0 Å². The third kappa shape index (κ3) is 2.82. The quantitative estimate of drug-likeness (QED) is 0.898. The van der Waals surface area contributed by atoms with Crippen molar-refractivity contribution in [1.29, 1.82) is 0 Å². The fraction of sp³-hybridized carbons (Fsp3) is 0.235. The number of pyridine rings is 1. The molecule has 1 aromatic heterocycles. The minimum atomic E-state index is -4.38. The van der Waals surface area contributed by atoms with Gasteiger partial charge in [0.05, 0.1) is 11.7 Å². The molecule has 0 radical (unpaired) electrons. The maximum absolute atomic E-state index is 12.5. The Balaban J connectivity index is 1.45. The Hall–Kier alpha value is -2.54. The largest absolute Gasteiger partial charge is 0.417 e. The van der Waals surface area contributed by atoms with E-state index in [4.69, 9.17) is 4.74 Å². The van der Waals surface area contributed by atoms with Crippen LogP contribution in [0.5, 0.6) is 0 Å². The number of benzene rings is 1. The topological polar surface area (TPSA) is 46.2 Å². The monoisotopic (exact) mass is 333 g/mol. The van der Waals surface area contributed by atoms with Crippen molar-refractivity contribution in [2.75, 3.05) is 11.9 Å². The van der Waals surface area contributed by atoms with Crippen LogP contribution in [0.3, 0.4) is 0 Å². The lowest BCUT2D eigenvalue weighted by molar-refractivity contribution is -0.137. The standard InChI is InChI=1S/C17H14F3N3O/c18-17(19,20)11-3-6-15(22-8-11)23-12-4-1-10(2-5-12)16-14-7-13(24-16)9-21-14/h1-8,13,16,21H,9H2,(H,22,23)/t13-,16+/m0/s1. The lowest BCUT2D eigenvalue weighted by Gasteiger charge is -2.23. The van der Waals surface area contributed by atoms with Crippen molar-refractivity contribution >= 4 is 11.5 Å². The number of halogens is 3. The molecule has 124 valence electrons. The molecule has 2 N–H and O–H groups in total. The van der Waals surface area contributed by atoms with E-state index in [0.29, 0.717) is 5.82 Å². The van der Waals surface area contributed by atoms with Crippen molar-refractivity contribution in [3.05, 3.63) is 65.5 Å². The summed E-state index contributed by atoms with van der Waals surface area (Å²) in [5.74, 6) is 0.358. The maximum Gasteiger partial charge on any atom is 0.417 e. The molecule has 1 aromatic carbocycles. The highest BCUT2D eigenvalue weighted by Gasteiger charge is 2.33. The number of anilines is 2. The molecule has 0 aliphatic carbocycles. The molecule has 0 unspecified atom stereocenters. The summed E-state index contributed by atoms with van der Waals surface area (Å²) in [6, 6.07) is 9.88. The number of rotatable bonds is 3. The van der Waals surface area contributed by atoms with Gasteiger partial charge in [0.1, 0.15) is 11.9 Å². The van der Waals surface area contributed by atoms with Crippen LogP contribution in [-0.4, -0.2) is 17.6 Å². The molecule has 2 aliphatic rings. The van der Waals surface area contributed by atoms with Gasteiger partial charge in [-0.2, -0.15) is 13.2 Å². The van der Waals surface area contributed by atoms with Crippen LogP contribution in [-0.2, 0) is 10.9 Å². The molecule has 2 atom stereocenters. The normalized spacial score (nSPS) is 22.2. The van der Waals surface area contributed by atoms with E-state index in [9.17, 15) is 13.2 Å². The minimum absolute atomic E-state index is 0.0676. The van der Waals surface area contributed by atoms with E-state index >= 15 is 0 Å². The first kappa shape index (κ1) is 15.0. The van der Waals surface area contributed by atoms with Crippen LogP contribution in [0.4, 0.5) is 24.7 Å². The lowest BCUT2D eigenvalue weighted by Crippen LogP contribution is -2.28. The molecule has 2 bridgehead atoms. The molecule has 0 fully saturated rings. The van der Waals surface area contributed by atoms with Gasteiger partial charge in [-0.05, 0) is 35.9 Å². The van der Waals surface area contributed by atoms with Gasteiger partial charge in [0.15, 0.2) is 0 Å². The van der Waals surface area contributed by atoms with Crippen molar-refractivity contribution in [1.82, 2.24) is 10.3 Å². The van der Waals surface area contributed by atoms with Gasteiger partial charge in [-0.1, -0.05) is 12.1 Å². The second-order valence-corrected chi connectivity index (χ2v) is 5.73. The van der Waals surface area contributed by atoms with E-state index in [-0.39, 0.29) is 12.2 Å². The summed E-state index contributed by atoms with van der Waals surface area (Å²) in [6.07, 6.45) is -1.40. The van der Waals surface area contributed by atoms with E-state index in [2.05, 4.69) is 21.7 Å². The molecule has 0 spiro atoms. The molecule has 24 heavy (non-hydrogen) atoms. The fourth-order valence-electron chi connectivity index (χ4n) is 2.83. The van der Waals surface area contributed by atoms with Crippen molar-refractivity contribution in [2.45, 2.75) is 18.4 Å². The van der Waals surface area contributed by atoms with Crippen LogP contribution in [0.1, 0.15) is 17.2 Å². The van der Waals surface area contributed by atoms with E-state index in [1.165, 1.54) is 6.07 Å². The second-order valence-electron chi connectivity index (χ2n) is 5.73. The van der Waals surface area contributed by atoms with Gasteiger partial charge in [-0.15, -0.1) is 0 Å². The lowest BCUT2D eigenvalue weighted by atomic mass is 10.1. The molecular formula is C17H14F3N3O. The Labute approximate surface area is 136 Å². The number of hydrogen-bond acceptors (Lipinski definition) is 4. The Bertz CT molecular complexity index is 769. The average molecular weight is 333 g/mol. The first-order valence-electron chi connectivity index (χ1n) is 7.50. The Morgan fingerprint density at radius 3 is 2.46 bits per heavy atom. The van der Waals surface area contributed by atoms with Crippen LogP contribution in [0.15, 0.2) is 54.4 Å². The van der Waals surface area contributed by atoms with E-state index in [1.807, 2.05) is 24.3 Å². The molecule has 0 saturated carbocycles. The zero-order valence-electron chi connectivity index (χ0n) is 12.5. The van der Waals surface area contributed by atoms with Gasteiger partial charge in [-0.25, -0.2) is 4.98 Å². The van der Waals surface area contributed by atoms with E-state index < -0.39 is 11.7 Å². The number of morpholine rings is 1. The van der Waals surface area contributed by atoms with Gasteiger partial charge in [-0.3, -0.25) is 0 Å². The summed E-state index contributed by atoms with van der Waals surface area (Å²) in [7, 11) is 0. The number of aromatic nitrogens is 1. The average Bonchev–Trinajstić information content (AvgIpc) is 3.18. The van der Waals surface area contributed by atoms with Gasteiger partial charge in [0.25, 0.3) is 0 Å². The van der Waals surface area contributed by atoms with Gasteiger partial charge >= 0.3 is 6.18 Å². The Morgan fingerprint density at radius 2 is 1.92 bits per heavy atom. The third-order valence-electron chi connectivity index (χ3n) is 4.04. The number of nitrogens with one attached hydrogen (secondary N) is 2. The molecule has 2 aromatic rings. The summed E-state index contributed by atoms with van der Waals surface area (Å²) in [5.41, 5.74) is 2.10. The zero-order valence-corrected chi connectivity index (χ0v) is 12.5. The highest BCUT2D eigenvalue weighted by Crippen LogP contribution is 2.36. The SMILES string of the molecule is FC(F)(F)c1ccc(Nc2ccc([C@H]3O[C@H]4C=C3NC4)cc2)nc1. The smallest absolute Gasteiger partial charge is 0.383 e. The van der Waals surface area contributed by atoms with Crippen molar-refractivity contribution < 1.29 is 17.9 Å². The second kappa shape index (κ2) is 5.52. The van der Waals surface area contributed by atoms with Crippen LogP contribution in [0.25, 0.3) is 0 Å². The van der Waals surface area contributed by atoms with Crippen molar-refractivity contribution in [2.24, 2.45) is 0 Å². The van der Waals surface area contributed by atoms with E-state index in [1.54, 1.807) is 0 Å². The van der Waals surface area contributed by atoms with Crippen LogP contribution < -0.4 is 10.6 Å². The highest BCUT2D eigenvalue weighted by atomic mass is 19.4. The summed E-state index contributed by atoms with van der Waals surface area (Å²) >= 11 is 0. The minimum Gasteiger partial charge on any atom is -0.383 e. The number of ether oxygens (including phenoxy) is 1. The fourth-order valence-corrected chi connectivity index (χ4v) is 2.83. The molecule has 4 rings (SSSR count).